The van der Waals surface area contributed by atoms with Crippen LogP contribution < -0.4 is 5.32 Å². The van der Waals surface area contributed by atoms with Crippen LogP contribution in [0.4, 0.5) is 20.3 Å². The molecule has 0 unspecified atom stereocenters. The van der Waals surface area contributed by atoms with Crippen molar-refractivity contribution in [3.05, 3.63) is 78.5 Å². The van der Waals surface area contributed by atoms with E-state index in [-0.39, 0.29) is 21.3 Å². The van der Waals surface area contributed by atoms with Gasteiger partial charge in [-0.3, -0.25) is 0 Å². The van der Waals surface area contributed by atoms with Crippen LogP contribution in [0.25, 0.3) is 0 Å². The Morgan fingerprint density at radius 2 is 1.46 bits per heavy atom. The number of rotatable bonds is 4. The number of hydrogen-bond acceptors (Lipinski definition) is 4. The molecule has 122 valence electrons. The first-order chi connectivity index (χ1) is 11.5. The fourth-order valence-corrected chi connectivity index (χ4v) is 3.32. The fraction of sp³-hybridized carbons (Fsp3) is 0. The molecule has 24 heavy (non-hydrogen) atoms. The van der Waals surface area contributed by atoms with Gasteiger partial charge in [-0.15, -0.1) is 0 Å². The first kappa shape index (κ1) is 16.1. The molecule has 4 nitrogen and oxygen atoms in total. The van der Waals surface area contributed by atoms with Crippen molar-refractivity contribution in [3.8, 4) is 0 Å². The van der Waals surface area contributed by atoms with E-state index in [2.05, 4.69) is 10.3 Å². The van der Waals surface area contributed by atoms with Crippen LogP contribution in [0.15, 0.2) is 76.7 Å². The lowest BCUT2D eigenvalue weighted by atomic mass is 10.3. The van der Waals surface area contributed by atoms with Crippen molar-refractivity contribution in [2.75, 3.05) is 5.32 Å². The molecule has 0 amide bonds. The third-order valence-electron chi connectivity index (χ3n) is 3.32. The van der Waals surface area contributed by atoms with Crippen LogP contribution in [0.5, 0.6) is 0 Å². The second-order valence-corrected chi connectivity index (χ2v) is 6.87. The molecule has 1 heterocycles. The lowest BCUT2D eigenvalue weighted by Crippen LogP contribution is -2.04. The number of halogens is 2. The molecule has 0 bridgehead atoms. The lowest BCUT2D eigenvalue weighted by Gasteiger charge is -2.09. The van der Waals surface area contributed by atoms with Crippen LogP contribution in [0, 0.1) is 11.6 Å². The summed E-state index contributed by atoms with van der Waals surface area (Å²) in [4.78, 5) is 4.06. The molecule has 7 heteroatoms. The van der Waals surface area contributed by atoms with Gasteiger partial charge in [-0.2, -0.15) is 0 Å². The number of nitrogens with zero attached hydrogens (tertiary/aromatic N) is 1. The maximum absolute atomic E-state index is 13.6. The molecular weight excluding hydrogens is 334 g/mol. The summed E-state index contributed by atoms with van der Waals surface area (Å²) in [7, 11) is -3.68. The van der Waals surface area contributed by atoms with Crippen LogP contribution in [0.2, 0.25) is 0 Å². The summed E-state index contributed by atoms with van der Waals surface area (Å²) in [5, 5.41) is 2.50. The van der Waals surface area contributed by atoms with Gasteiger partial charge in [0.15, 0.2) is 0 Å². The van der Waals surface area contributed by atoms with Crippen molar-refractivity contribution >= 4 is 21.3 Å². The summed E-state index contributed by atoms with van der Waals surface area (Å²) in [5.74, 6) is -1.40. The molecule has 1 aromatic heterocycles. The van der Waals surface area contributed by atoms with E-state index in [1.807, 2.05) is 0 Å². The average Bonchev–Trinajstić information content (AvgIpc) is 2.59. The maximum Gasteiger partial charge on any atom is 0.208 e. The van der Waals surface area contributed by atoms with E-state index in [9.17, 15) is 17.2 Å². The van der Waals surface area contributed by atoms with Gasteiger partial charge < -0.3 is 5.32 Å². The van der Waals surface area contributed by atoms with Gasteiger partial charge in [-0.1, -0.05) is 24.3 Å². The zero-order valence-corrected chi connectivity index (χ0v) is 13.1. The predicted molar refractivity (Wildman–Crippen MR) is 85.8 cm³/mol. The molecule has 0 saturated carbocycles. The van der Waals surface area contributed by atoms with Gasteiger partial charge in [0.2, 0.25) is 9.84 Å². The minimum absolute atomic E-state index is 0.00624. The molecule has 0 saturated heterocycles. The minimum atomic E-state index is -3.68. The summed E-state index contributed by atoms with van der Waals surface area (Å²) in [6.07, 6.45) is 1.14. The number of sulfone groups is 1. The Morgan fingerprint density at radius 3 is 2.04 bits per heavy atom. The van der Waals surface area contributed by atoms with Crippen molar-refractivity contribution in [1.82, 2.24) is 4.98 Å². The smallest absolute Gasteiger partial charge is 0.208 e. The Labute approximate surface area is 137 Å². The molecule has 0 atom stereocenters. The molecule has 0 fully saturated rings. The van der Waals surface area contributed by atoms with E-state index in [0.717, 1.165) is 18.3 Å². The highest BCUT2D eigenvalue weighted by atomic mass is 32.2. The number of benzene rings is 2. The highest BCUT2D eigenvalue weighted by molar-refractivity contribution is 7.91. The molecule has 0 spiro atoms. The second kappa shape index (κ2) is 6.37. The van der Waals surface area contributed by atoms with E-state index in [4.69, 9.17) is 0 Å². The number of aromatic nitrogens is 1. The zero-order valence-electron chi connectivity index (χ0n) is 12.3. The van der Waals surface area contributed by atoms with Crippen molar-refractivity contribution in [3.63, 3.8) is 0 Å². The standard InChI is InChI=1S/C17H12F2N2O2S/c18-14-7-4-8-15(19)17(14)21-16-10-9-13(11-20-16)24(22,23)12-5-2-1-3-6-12/h1-11H,(H,20,21). The molecule has 3 aromatic rings. The molecule has 0 aliphatic carbocycles. The molecule has 0 aliphatic heterocycles. The third kappa shape index (κ3) is 3.11. The van der Waals surface area contributed by atoms with Crippen molar-refractivity contribution in [1.29, 1.82) is 0 Å². The van der Waals surface area contributed by atoms with E-state index in [1.54, 1.807) is 18.2 Å². The van der Waals surface area contributed by atoms with Crippen LogP contribution in [-0.4, -0.2) is 13.4 Å². The van der Waals surface area contributed by atoms with Crippen LogP contribution in [0.1, 0.15) is 0 Å². The van der Waals surface area contributed by atoms with E-state index in [0.29, 0.717) is 0 Å². The molecule has 3 rings (SSSR count). The summed E-state index contributed by atoms with van der Waals surface area (Å²) in [6, 6.07) is 14.1. The Bertz CT molecular complexity index is 939. The Morgan fingerprint density at radius 1 is 0.792 bits per heavy atom. The average molecular weight is 346 g/mol. The molecule has 2 aromatic carbocycles. The zero-order chi connectivity index (χ0) is 17.2. The minimum Gasteiger partial charge on any atom is -0.335 e. The second-order valence-electron chi connectivity index (χ2n) is 4.92. The summed E-state index contributed by atoms with van der Waals surface area (Å²) >= 11 is 0. The Kier molecular flexibility index (Phi) is 4.26. The van der Waals surface area contributed by atoms with Gasteiger partial charge in [-0.25, -0.2) is 22.2 Å². The SMILES string of the molecule is O=S(=O)(c1ccccc1)c1ccc(Nc2c(F)cccc2F)nc1. The van der Waals surface area contributed by atoms with Crippen molar-refractivity contribution in [2.24, 2.45) is 0 Å². The van der Waals surface area contributed by atoms with Gasteiger partial charge in [0.25, 0.3) is 0 Å². The quantitative estimate of drug-likeness (QED) is 0.777. The third-order valence-corrected chi connectivity index (χ3v) is 5.07. The van der Waals surface area contributed by atoms with Gasteiger partial charge >= 0.3 is 0 Å². The van der Waals surface area contributed by atoms with Crippen molar-refractivity contribution < 1.29 is 17.2 Å². The fourth-order valence-electron chi connectivity index (χ4n) is 2.09. The number of pyridine rings is 1. The summed E-state index contributed by atoms with van der Waals surface area (Å²) in [5.41, 5.74) is -0.344. The summed E-state index contributed by atoms with van der Waals surface area (Å²) in [6.45, 7) is 0. The van der Waals surface area contributed by atoms with Crippen LogP contribution in [-0.2, 0) is 9.84 Å². The van der Waals surface area contributed by atoms with Crippen LogP contribution >= 0.6 is 0 Å². The molecular formula is C17H12F2N2O2S. The normalized spacial score (nSPS) is 11.2. The van der Waals surface area contributed by atoms with Crippen LogP contribution in [0.3, 0.4) is 0 Å². The topological polar surface area (TPSA) is 59.1 Å². The molecule has 0 aliphatic rings. The first-order valence-corrected chi connectivity index (χ1v) is 8.44. The Hall–Kier alpha value is -2.80. The van der Waals surface area contributed by atoms with Gasteiger partial charge in [0.1, 0.15) is 23.1 Å². The number of nitrogens with one attached hydrogen (secondary N) is 1. The highest BCUT2D eigenvalue weighted by Gasteiger charge is 2.18. The van der Waals surface area contributed by atoms with Crippen molar-refractivity contribution in [2.45, 2.75) is 9.79 Å². The predicted octanol–water partition coefficient (Wildman–Crippen LogP) is 3.94. The van der Waals surface area contributed by atoms with E-state index < -0.39 is 21.5 Å². The van der Waals surface area contributed by atoms with Gasteiger partial charge in [-0.05, 0) is 36.4 Å². The highest BCUT2D eigenvalue weighted by Crippen LogP contribution is 2.24. The number of hydrogen-bond donors (Lipinski definition) is 1. The first-order valence-electron chi connectivity index (χ1n) is 6.96. The van der Waals surface area contributed by atoms with Gasteiger partial charge in [0, 0.05) is 6.20 Å². The largest absolute Gasteiger partial charge is 0.335 e. The maximum atomic E-state index is 13.6. The monoisotopic (exact) mass is 346 g/mol. The van der Waals surface area contributed by atoms with Gasteiger partial charge in [0.05, 0.1) is 9.79 Å². The van der Waals surface area contributed by atoms with E-state index in [1.165, 1.54) is 30.3 Å². The Balaban J connectivity index is 1.89. The summed E-state index contributed by atoms with van der Waals surface area (Å²) < 4.78 is 52.1. The lowest BCUT2D eigenvalue weighted by molar-refractivity contribution is 0.590. The molecule has 1 N–H and O–H groups in total. The number of para-hydroxylation sites is 1. The number of anilines is 2. The van der Waals surface area contributed by atoms with E-state index >= 15 is 0 Å². The molecule has 0 radical (unpaired) electrons.